The van der Waals surface area contributed by atoms with Crippen molar-refractivity contribution in [3.05, 3.63) is 53.0 Å². The molecule has 0 unspecified atom stereocenters. The van der Waals surface area contributed by atoms with E-state index < -0.39 is 0 Å². The summed E-state index contributed by atoms with van der Waals surface area (Å²) in [7, 11) is 0. The van der Waals surface area contributed by atoms with E-state index in [0.717, 1.165) is 31.8 Å². The van der Waals surface area contributed by atoms with Gasteiger partial charge in [-0.1, -0.05) is 19.9 Å². The number of nitrogens with one attached hydrogen (secondary N) is 1. The van der Waals surface area contributed by atoms with Crippen molar-refractivity contribution in [1.82, 2.24) is 10.2 Å². The number of rotatable bonds is 10. The topological polar surface area (TPSA) is 54.7 Å². The van der Waals surface area contributed by atoms with Crippen molar-refractivity contribution in [2.24, 2.45) is 0 Å². The summed E-state index contributed by atoms with van der Waals surface area (Å²) >= 11 is 0. The van der Waals surface area contributed by atoms with Crippen molar-refractivity contribution >= 4 is 5.91 Å². The normalized spacial score (nSPS) is 11.0. The molecule has 2 aromatic rings. The molecule has 0 radical (unpaired) electrons. The van der Waals surface area contributed by atoms with Crippen LogP contribution in [0.2, 0.25) is 0 Å². The van der Waals surface area contributed by atoms with Crippen LogP contribution in [0, 0.1) is 13.8 Å². The number of aryl methyl sites for hydroxylation is 2. The van der Waals surface area contributed by atoms with Gasteiger partial charge in [0, 0.05) is 6.54 Å². The average molecular weight is 358 g/mol. The first-order chi connectivity index (χ1) is 12.5. The van der Waals surface area contributed by atoms with Gasteiger partial charge in [-0.25, -0.2) is 0 Å². The maximum absolute atomic E-state index is 12.1. The predicted molar refractivity (Wildman–Crippen MR) is 104 cm³/mol. The van der Waals surface area contributed by atoms with Crippen LogP contribution in [-0.2, 0) is 6.61 Å². The molecule has 0 saturated carbocycles. The number of carbonyl (C=O) groups is 1. The van der Waals surface area contributed by atoms with Crippen LogP contribution in [0.1, 0.15) is 47.7 Å². The van der Waals surface area contributed by atoms with E-state index >= 15 is 0 Å². The first-order valence-corrected chi connectivity index (χ1v) is 9.32. The molecule has 1 aromatic carbocycles. The zero-order valence-corrected chi connectivity index (χ0v) is 16.3. The number of hydrogen-bond acceptors (Lipinski definition) is 4. The van der Waals surface area contributed by atoms with Crippen molar-refractivity contribution in [2.45, 2.75) is 40.7 Å². The maximum Gasteiger partial charge on any atom is 0.286 e. The lowest BCUT2D eigenvalue weighted by atomic mass is 10.1. The quantitative estimate of drug-likeness (QED) is 0.654. The van der Waals surface area contributed by atoms with Crippen molar-refractivity contribution in [3.8, 4) is 5.75 Å². The van der Waals surface area contributed by atoms with E-state index in [2.05, 4.69) is 37.9 Å². The van der Waals surface area contributed by atoms with Crippen molar-refractivity contribution in [3.63, 3.8) is 0 Å². The molecule has 0 aliphatic carbocycles. The van der Waals surface area contributed by atoms with Crippen LogP contribution in [0.15, 0.2) is 34.7 Å². The standard InChI is InChI=1S/C21H30N2O3/c1-5-23(6-2)13-7-12-22-21(24)20-11-10-19(26-20)15-25-18-9-8-16(3)17(4)14-18/h8-11,14H,5-7,12-13,15H2,1-4H3,(H,22,24). The summed E-state index contributed by atoms with van der Waals surface area (Å²) in [6, 6.07) is 9.45. The fraction of sp³-hybridized carbons (Fsp3) is 0.476. The Labute approximate surface area is 156 Å². The average Bonchev–Trinajstić information content (AvgIpc) is 3.12. The maximum atomic E-state index is 12.1. The molecule has 0 atom stereocenters. The lowest BCUT2D eigenvalue weighted by Gasteiger charge is -2.17. The summed E-state index contributed by atoms with van der Waals surface area (Å²) in [5.41, 5.74) is 2.42. The van der Waals surface area contributed by atoms with Gasteiger partial charge in [0.05, 0.1) is 0 Å². The Balaban J connectivity index is 1.77. The van der Waals surface area contributed by atoms with Gasteiger partial charge >= 0.3 is 0 Å². The second kappa shape index (κ2) is 10.0. The third-order valence-corrected chi connectivity index (χ3v) is 4.58. The molecular weight excluding hydrogens is 328 g/mol. The third kappa shape index (κ3) is 5.92. The zero-order chi connectivity index (χ0) is 18.9. The van der Waals surface area contributed by atoms with Crippen LogP contribution in [0.5, 0.6) is 5.75 Å². The summed E-state index contributed by atoms with van der Waals surface area (Å²) in [5, 5.41) is 2.90. The van der Waals surface area contributed by atoms with Crippen LogP contribution in [0.25, 0.3) is 0 Å². The van der Waals surface area contributed by atoms with E-state index in [9.17, 15) is 4.79 Å². The highest BCUT2D eigenvalue weighted by molar-refractivity contribution is 5.91. The predicted octanol–water partition coefficient (Wildman–Crippen LogP) is 3.94. The lowest BCUT2D eigenvalue weighted by molar-refractivity contribution is 0.0920. The van der Waals surface area contributed by atoms with E-state index in [-0.39, 0.29) is 5.91 Å². The molecule has 1 N–H and O–H groups in total. The Morgan fingerprint density at radius 2 is 1.88 bits per heavy atom. The monoisotopic (exact) mass is 358 g/mol. The van der Waals surface area contributed by atoms with E-state index in [0.29, 0.717) is 24.7 Å². The van der Waals surface area contributed by atoms with E-state index in [1.165, 1.54) is 11.1 Å². The van der Waals surface area contributed by atoms with E-state index in [1.54, 1.807) is 12.1 Å². The molecule has 2 rings (SSSR count). The van der Waals surface area contributed by atoms with Gasteiger partial charge in [-0.2, -0.15) is 0 Å². The smallest absolute Gasteiger partial charge is 0.286 e. The summed E-state index contributed by atoms with van der Waals surface area (Å²) < 4.78 is 11.3. The number of furan rings is 1. The van der Waals surface area contributed by atoms with Gasteiger partial charge < -0.3 is 19.4 Å². The number of carbonyl (C=O) groups excluding carboxylic acids is 1. The lowest BCUT2D eigenvalue weighted by Crippen LogP contribution is -2.29. The van der Waals surface area contributed by atoms with Gasteiger partial charge in [0.1, 0.15) is 18.1 Å². The van der Waals surface area contributed by atoms with Gasteiger partial charge in [0.15, 0.2) is 5.76 Å². The Morgan fingerprint density at radius 3 is 2.58 bits per heavy atom. The number of hydrogen-bond donors (Lipinski definition) is 1. The SMILES string of the molecule is CCN(CC)CCCNC(=O)c1ccc(COc2ccc(C)c(C)c2)o1. The van der Waals surface area contributed by atoms with E-state index in [4.69, 9.17) is 9.15 Å². The van der Waals surface area contributed by atoms with Gasteiger partial charge in [0.25, 0.3) is 5.91 Å². The molecule has 0 saturated heterocycles. The summed E-state index contributed by atoms with van der Waals surface area (Å²) in [6.45, 7) is 12.4. The van der Waals surface area contributed by atoms with Crippen LogP contribution in [0.3, 0.4) is 0 Å². The van der Waals surface area contributed by atoms with Crippen LogP contribution < -0.4 is 10.1 Å². The molecule has 1 amide bonds. The molecule has 0 aliphatic rings. The van der Waals surface area contributed by atoms with Crippen molar-refractivity contribution < 1.29 is 13.9 Å². The molecule has 0 bridgehead atoms. The Kier molecular flexibility index (Phi) is 7.73. The van der Waals surface area contributed by atoms with E-state index in [1.807, 2.05) is 18.2 Å². The zero-order valence-electron chi connectivity index (χ0n) is 16.3. The van der Waals surface area contributed by atoms with Crippen LogP contribution >= 0.6 is 0 Å². The second-order valence-electron chi connectivity index (χ2n) is 6.44. The molecular formula is C21H30N2O3. The fourth-order valence-corrected chi connectivity index (χ4v) is 2.67. The first kappa shape index (κ1) is 20.0. The van der Waals surface area contributed by atoms with Gasteiger partial charge in [-0.15, -0.1) is 0 Å². The summed E-state index contributed by atoms with van der Waals surface area (Å²) in [5.74, 6) is 1.58. The largest absolute Gasteiger partial charge is 0.486 e. The second-order valence-corrected chi connectivity index (χ2v) is 6.44. The third-order valence-electron chi connectivity index (χ3n) is 4.58. The first-order valence-electron chi connectivity index (χ1n) is 9.32. The highest BCUT2D eigenvalue weighted by atomic mass is 16.5. The van der Waals surface area contributed by atoms with Gasteiger partial charge in [-0.05, 0) is 75.3 Å². The highest BCUT2D eigenvalue weighted by Crippen LogP contribution is 2.18. The van der Waals surface area contributed by atoms with Gasteiger partial charge in [-0.3, -0.25) is 4.79 Å². The molecule has 5 heteroatoms. The number of amides is 1. The minimum atomic E-state index is -0.179. The summed E-state index contributed by atoms with van der Waals surface area (Å²) in [4.78, 5) is 14.5. The number of nitrogens with zero attached hydrogens (tertiary/aromatic N) is 1. The molecule has 142 valence electrons. The van der Waals surface area contributed by atoms with Crippen molar-refractivity contribution in [1.29, 1.82) is 0 Å². The molecule has 0 fully saturated rings. The Hall–Kier alpha value is -2.27. The molecule has 0 spiro atoms. The molecule has 1 aromatic heterocycles. The van der Waals surface area contributed by atoms with Crippen LogP contribution in [0.4, 0.5) is 0 Å². The summed E-state index contributed by atoms with van der Waals surface area (Å²) in [6.07, 6.45) is 0.927. The Morgan fingerprint density at radius 1 is 1.12 bits per heavy atom. The fourth-order valence-electron chi connectivity index (χ4n) is 2.67. The minimum absolute atomic E-state index is 0.179. The molecule has 5 nitrogen and oxygen atoms in total. The molecule has 1 heterocycles. The van der Waals surface area contributed by atoms with Gasteiger partial charge in [0.2, 0.25) is 0 Å². The number of benzene rings is 1. The highest BCUT2D eigenvalue weighted by Gasteiger charge is 2.11. The Bertz CT molecular complexity index is 705. The molecule has 0 aliphatic heterocycles. The minimum Gasteiger partial charge on any atom is -0.486 e. The van der Waals surface area contributed by atoms with Crippen LogP contribution in [-0.4, -0.2) is 37.0 Å². The molecule has 26 heavy (non-hydrogen) atoms. The van der Waals surface area contributed by atoms with Crippen molar-refractivity contribution in [2.75, 3.05) is 26.2 Å². The number of ether oxygens (including phenoxy) is 1.